The lowest BCUT2D eigenvalue weighted by molar-refractivity contribution is -0.117. The van der Waals surface area contributed by atoms with E-state index in [2.05, 4.69) is 42.5 Å². The fraction of sp³-hybridized carbons (Fsp3) is 0.438. The second kappa shape index (κ2) is 5.04. The summed E-state index contributed by atoms with van der Waals surface area (Å²) in [4.78, 5) is 4.58. The lowest BCUT2D eigenvalue weighted by Gasteiger charge is -2.15. The maximum Gasteiger partial charge on any atom is 0.179 e. The van der Waals surface area contributed by atoms with E-state index < -0.39 is 0 Å². The Balaban J connectivity index is 2.08. The van der Waals surface area contributed by atoms with Gasteiger partial charge in [0.1, 0.15) is 0 Å². The second-order valence-corrected chi connectivity index (χ2v) is 5.54. The number of aryl methyl sites for hydroxylation is 1. The third-order valence-electron chi connectivity index (χ3n) is 3.69. The quantitative estimate of drug-likeness (QED) is 0.802. The number of nitrogens with zero attached hydrogens (tertiary/aromatic N) is 2. The molecule has 0 bridgehead atoms. The van der Waals surface area contributed by atoms with E-state index in [-0.39, 0.29) is 12.5 Å². The summed E-state index contributed by atoms with van der Waals surface area (Å²) in [6.07, 6.45) is 5.37. The van der Waals surface area contributed by atoms with Crippen LogP contribution in [0.3, 0.4) is 0 Å². The van der Waals surface area contributed by atoms with E-state index in [1.165, 1.54) is 11.1 Å². The van der Waals surface area contributed by atoms with E-state index in [1.807, 2.05) is 18.5 Å². The van der Waals surface area contributed by atoms with Crippen molar-refractivity contribution in [2.75, 3.05) is 7.11 Å². The van der Waals surface area contributed by atoms with Crippen molar-refractivity contribution in [2.45, 2.75) is 39.2 Å². The molecule has 0 radical (unpaired) electrons. The van der Waals surface area contributed by atoms with Crippen LogP contribution in [-0.2, 0) is 9.47 Å². The van der Waals surface area contributed by atoms with E-state index in [9.17, 15) is 0 Å². The van der Waals surface area contributed by atoms with Crippen molar-refractivity contribution < 1.29 is 9.47 Å². The van der Waals surface area contributed by atoms with Gasteiger partial charge in [0.15, 0.2) is 12.5 Å². The normalized spacial score (nSPS) is 22.2. The van der Waals surface area contributed by atoms with Crippen LogP contribution in [0.2, 0.25) is 0 Å². The van der Waals surface area contributed by atoms with Crippen LogP contribution in [0.15, 0.2) is 30.6 Å². The van der Waals surface area contributed by atoms with Gasteiger partial charge in [0.2, 0.25) is 0 Å². The maximum atomic E-state index is 5.79. The van der Waals surface area contributed by atoms with Gasteiger partial charge in [-0.1, -0.05) is 19.9 Å². The number of imidazole rings is 1. The molecule has 4 heteroatoms. The molecule has 1 aromatic heterocycles. The Labute approximate surface area is 119 Å². The van der Waals surface area contributed by atoms with E-state index in [4.69, 9.17) is 9.47 Å². The van der Waals surface area contributed by atoms with Crippen LogP contribution in [0.1, 0.15) is 37.1 Å². The summed E-state index contributed by atoms with van der Waals surface area (Å²) in [5.41, 5.74) is 4.70. The van der Waals surface area contributed by atoms with Crippen molar-refractivity contribution in [3.8, 4) is 0 Å². The lowest BCUT2D eigenvalue weighted by atomic mass is 9.99. The molecule has 4 nitrogen and oxygen atoms in total. The number of hydrogen-bond acceptors (Lipinski definition) is 3. The monoisotopic (exact) mass is 272 g/mol. The van der Waals surface area contributed by atoms with Crippen molar-refractivity contribution in [3.63, 3.8) is 0 Å². The summed E-state index contributed by atoms with van der Waals surface area (Å²) in [5, 5.41) is 0. The molecule has 0 aliphatic carbocycles. The smallest absolute Gasteiger partial charge is 0.179 e. The zero-order chi connectivity index (χ0) is 14.3. The number of aromatic nitrogens is 2. The van der Waals surface area contributed by atoms with E-state index in [0.717, 1.165) is 11.0 Å². The number of ether oxygens (including phenoxy) is 2. The van der Waals surface area contributed by atoms with Crippen molar-refractivity contribution in [3.05, 3.63) is 41.7 Å². The molecule has 20 heavy (non-hydrogen) atoms. The van der Waals surface area contributed by atoms with Crippen LogP contribution >= 0.6 is 0 Å². The molecule has 0 saturated heterocycles. The van der Waals surface area contributed by atoms with Gasteiger partial charge in [-0.2, -0.15) is 0 Å². The van der Waals surface area contributed by atoms with Gasteiger partial charge in [-0.15, -0.1) is 0 Å². The van der Waals surface area contributed by atoms with E-state index in [1.54, 1.807) is 7.11 Å². The van der Waals surface area contributed by atoms with Gasteiger partial charge in [-0.25, -0.2) is 4.98 Å². The van der Waals surface area contributed by atoms with Crippen LogP contribution in [0.4, 0.5) is 0 Å². The first-order chi connectivity index (χ1) is 9.60. The van der Waals surface area contributed by atoms with Gasteiger partial charge in [0.05, 0.1) is 17.4 Å². The predicted octanol–water partition coefficient (Wildman–Crippen LogP) is 3.53. The molecular formula is C16H20N2O2. The summed E-state index contributed by atoms with van der Waals surface area (Å²) in [5.74, 6) is 0.451. The Bertz CT molecular complexity index is 658. The first-order valence-electron chi connectivity index (χ1n) is 6.94. The lowest BCUT2D eigenvalue weighted by Crippen LogP contribution is -2.13. The van der Waals surface area contributed by atoms with Crippen LogP contribution in [0.5, 0.6) is 0 Å². The Morgan fingerprint density at radius 2 is 2.10 bits per heavy atom. The highest BCUT2D eigenvalue weighted by molar-refractivity contribution is 5.80. The average molecular weight is 272 g/mol. The number of rotatable bonds is 3. The molecule has 1 aliphatic rings. The van der Waals surface area contributed by atoms with Gasteiger partial charge in [-0.3, -0.25) is 4.57 Å². The van der Waals surface area contributed by atoms with Gasteiger partial charge in [0.25, 0.3) is 0 Å². The Morgan fingerprint density at radius 1 is 1.30 bits per heavy atom. The van der Waals surface area contributed by atoms with E-state index in [0.29, 0.717) is 5.92 Å². The van der Waals surface area contributed by atoms with Crippen LogP contribution in [-0.4, -0.2) is 23.0 Å². The Morgan fingerprint density at radius 3 is 2.75 bits per heavy atom. The molecule has 0 N–H and O–H groups in total. The molecular weight excluding hydrogens is 252 g/mol. The molecule has 2 heterocycles. The second-order valence-electron chi connectivity index (χ2n) is 5.54. The summed E-state index contributed by atoms with van der Waals surface area (Å²) in [6, 6.07) is 4.37. The first-order valence-corrected chi connectivity index (χ1v) is 6.94. The first kappa shape index (κ1) is 13.3. The third-order valence-corrected chi connectivity index (χ3v) is 3.69. The molecule has 1 aromatic carbocycles. The zero-order valence-electron chi connectivity index (χ0n) is 12.3. The zero-order valence-corrected chi connectivity index (χ0v) is 12.3. The number of benzene rings is 1. The van der Waals surface area contributed by atoms with Gasteiger partial charge < -0.3 is 9.47 Å². The summed E-state index contributed by atoms with van der Waals surface area (Å²) >= 11 is 0. The van der Waals surface area contributed by atoms with Crippen molar-refractivity contribution in [1.82, 2.24) is 9.55 Å². The SMILES string of the molecule is COC1C=CC(n2cnc3c(C(C)C)cc(C)cc32)O1. The molecule has 0 fully saturated rings. The van der Waals surface area contributed by atoms with Crippen molar-refractivity contribution >= 4 is 11.0 Å². The number of hydrogen-bond donors (Lipinski definition) is 0. The summed E-state index contributed by atoms with van der Waals surface area (Å²) < 4.78 is 13.0. The van der Waals surface area contributed by atoms with Crippen molar-refractivity contribution in [1.29, 1.82) is 0 Å². The van der Waals surface area contributed by atoms with Crippen molar-refractivity contribution in [2.24, 2.45) is 0 Å². The largest absolute Gasteiger partial charge is 0.352 e. The minimum atomic E-state index is -0.271. The molecule has 1 aliphatic heterocycles. The molecule has 0 saturated carbocycles. The molecule has 0 amide bonds. The van der Waals surface area contributed by atoms with Crippen LogP contribution < -0.4 is 0 Å². The fourth-order valence-corrected chi connectivity index (χ4v) is 2.66. The molecule has 0 spiro atoms. The highest BCUT2D eigenvalue weighted by Gasteiger charge is 2.22. The van der Waals surface area contributed by atoms with E-state index >= 15 is 0 Å². The average Bonchev–Trinajstić information content (AvgIpc) is 3.02. The molecule has 2 unspecified atom stereocenters. The number of fused-ring (bicyclic) bond motifs is 1. The summed E-state index contributed by atoms with van der Waals surface area (Å²) in [7, 11) is 1.64. The minimum Gasteiger partial charge on any atom is -0.352 e. The highest BCUT2D eigenvalue weighted by atomic mass is 16.7. The molecule has 2 aromatic rings. The van der Waals surface area contributed by atoms with Crippen LogP contribution in [0.25, 0.3) is 11.0 Å². The van der Waals surface area contributed by atoms with Gasteiger partial charge >= 0.3 is 0 Å². The number of methoxy groups -OCH3 is 1. The highest BCUT2D eigenvalue weighted by Crippen LogP contribution is 2.30. The topological polar surface area (TPSA) is 36.3 Å². The van der Waals surface area contributed by atoms with Crippen LogP contribution in [0, 0.1) is 6.92 Å². The fourth-order valence-electron chi connectivity index (χ4n) is 2.66. The summed E-state index contributed by atoms with van der Waals surface area (Å²) in [6.45, 7) is 6.51. The molecule has 106 valence electrons. The standard InChI is InChI=1S/C16H20N2O2/c1-10(2)12-7-11(3)8-13-16(12)17-9-18(13)14-5-6-15(19-4)20-14/h5-10,14-15H,1-4H3. The maximum absolute atomic E-state index is 5.79. The van der Waals surface area contributed by atoms with Gasteiger partial charge in [-0.05, 0) is 42.2 Å². The molecule has 2 atom stereocenters. The molecule has 3 rings (SSSR count). The predicted molar refractivity (Wildman–Crippen MR) is 78.6 cm³/mol. The Hall–Kier alpha value is -1.65. The third kappa shape index (κ3) is 2.15. The Kier molecular flexibility index (Phi) is 3.36. The van der Waals surface area contributed by atoms with Gasteiger partial charge in [0, 0.05) is 7.11 Å². The minimum absolute atomic E-state index is 0.147.